The molecule has 17 heavy (non-hydrogen) atoms. The van der Waals surface area contributed by atoms with Gasteiger partial charge in [0.2, 0.25) is 5.91 Å². The van der Waals surface area contributed by atoms with Gasteiger partial charge in [-0.3, -0.25) is 4.79 Å². The molecule has 94 valence electrons. The lowest BCUT2D eigenvalue weighted by Crippen LogP contribution is -2.47. The van der Waals surface area contributed by atoms with Crippen molar-refractivity contribution in [2.75, 3.05) is 12.4 Å². The van der Waals surface area contributed by atoms with Gasteiger partial charge in [0, 0.05) is 11.8 Å². The number of hydrogen-bond acceptors (Lipinski definition) is 3. The molecule has 1 aromatic carbocycles. The van der Waals surface area contributed by atoms with E-state index < -0.39 is 5.54 Å². The molecule has 1 aromatic rings. The molecule has 4 nitrogen and oxygen atoms in total. The number of amides is 1. The molecule has 0 saturated heterocycles. The number of carbonyl (C=O) groups excluding carboxylic acids is 1. The van der Waals surface area contributed by atoms with Crippen molar-refractivity contribution in [3.8, 4) is 5.75 Å². The van der Waals surface area contributed by atoms with E-state index >= 15 is 0 Å². The van der Waals surface area contributed by atoms with Crippen LogP contribution in [0.1, 0.15) is 26.7 Å². The fraction of sp³-hybridized carbons (Fsp3) is 0.462. The largest absolute Gasteiger partial charge is 0.497 e. The molecule has 1 atom stereocenters. The maximum atomic E-state index is 11.5. The molecule has 0 saturated carbocycles. The summed E-state index contributed by atoms with van der Waals surface area (Å²) in [7, 11) is 1.61. The van der Waals surface area contributed by atoms with E-state index in [1.807, 2.05) is 38.1 Å². The van der Waals surface area contributed by atoms with Gasteiger partial charge in [0.1, 0.15) is 11.3 Å². The molecule has 0 heterocycles. The smallest absolute Gasteiger partial charge is 0.242 e. The summed E-state index contributed by atoms with van der Waals surface area (Å²) in [4.78, 5) is 11.5. The SMILES string of the molecule is CCCC(C)(Nc1cccc(OC)c1)C(N)=O. The maximum absolute atomic E-state index is 11.5. The summed E-state index contributed by atoms with van der Waals surface area (Å²) in [6.45, 7) is 3.84. The first-order chi connectivity index (χ1) is 8.01. The fourth-order valence-corrected chi connectivity index (χ4v) is 1.77. The van der Waals surface area contributed by atoms with Gasteiger partial charge in [-0.1, -0.05) is 19.4 Å². The Hall–Kier alpha value is -1.71. The van der Waals surface area contributed by atoms with Gasteiger partial charge in [-0.05, 0) is 25.5 Å². The lowest BCUT2D eigenvalue weighted by Gasteiger charge is -2.28. The van der Waals surface area contributed by atoms with E-state index in [1.54, 1.807) is 7.11 Å². The van der Waals surface area contributed by atoms with E-state index in [4.69, 9.17) is 10.5 Å². The van der Waals surface area contributed by atoms with Gasteiger partial charge in [0.05, 0.1) is 7.11 Å². The molecule has 0 bridgehead atoms. The Balaban J connectivity index is 2.89. The van der Waals surface area contributed by atoms with E-state index in [1.165, 1.54) is 0 Å². The van der Waals surface area contributed by atoms with Crippen LogP contribution in [-0.2, 0) is 4.79 Å². The van der Waals surface area contributed by atoms with Crippen LogP contribution in [0.3, 0.4) is 0 Å². The van der Waals surface area contributed by atoms with E-state index in [0.29, 0.717) is 6.42 Å². The molecule has 1 rings (SSSR count). The zero-order valence-corrected chi connectivity index (χ0v) is 10.6. The third-order valence-corrected chi connectivity index (χ3v) is 2.78. The molecule has 1 unspecified atom stereocenters. The molecular formula is C13H20N2O2. The van der Waals surface area contributed by atoms with E-state index in [2.05, 4.69) is 5.32 Å². The number of ether oxygens (including phenoxy) is 1. The molecule has 1 amide bonds. The molecule has 0 aliphatic heterocycles. The molecular weight excluding hydrogens is 216 g/mol. The first-order valence-electron chi connectivity index (χ1n) is 5.74. The van der Waals surface area contributed by atoms with Crippen LogP contribution in [-0.4, -0.2) is 18.6 Å². The molecule has 3 N–H and O–H groups in total. The van der Waals surface area contributed by atoms with Gasteiger partial charge >= 0.3 is 0 Å². The highest BCUT2D eigenvalue weighted by Crippen LogP contribution is 2.23. The van der Waals surface area contributed by atoms with E-state index in [0.717, 1.165) is 17.9 Å². The summed E-state index contributed by atoms with van der Waals surface area (Å²) in [6.07, 6.45) is 1.58. The average Bonchev–Trinajstić information content (AvgIpc) is 2.29. The fourth-order valence-electron chi connectivity index (χ4n) is 1.77. The quantitative estimate of drug-likeness (QED) is 0.795. The van der Waals surface area contributed by atoms with Crippen molar-refractivity contribution in [2.45, 2.75) is 32.2 Å². The Morgan fingerprint density at radius 1 is 1.53 bits per heavy atom. The molecule has 0 aliphatic rings. The Bertz CT molecular complexity index is 393. The number of nitrogens with two attached hydrogens (primary N) is 1. The Morgan fingerprint density at radius 3 is 2.76 bits per heavy atom. The number of hydrogen-bond donors (Lipinski definition) is 2. The normalized spacial score (nSPS) is 13.8. The predicted molar refractivity (Wildman–Crippen MR) is 69.1 cm³/mol. The van der Waals surface area contributed by atoms with Crippen LogP contribution in [0.4, 0.5) is 5.69 Å². The van der Waals surface area contributed by atoms with Gasteiger partial charge in [-0.25, -0.2) is 0 Å². The number of primary amides is 1. The predicted octanol–water partition coefficient (Wildman–Crippen LogP) is 2.15. The third kappa shape index (κ3) is 3.37. The number of benzene rings is 1. The third-order valence-electron chi connectivity index (χ3n) is 2.78. The maximum Gasteiger partial charge on any atom is 0.242 e. The number of anilines is 1. The second kappa shape index (κ2) is 5.57. The van der Waals surface area contributed by atoms with Crippen LogP contribution < -0.4 is 15.8 Å². The van der Waals surface area contributed by atoms with E-state index in [9.17, 15) is 4.79 Å². The van der Waals surface area contributed by atoms with Gasteiger partial charge in [0.15, 0.2) is 0 Å². The van der Waals surface area contributed by atoms with Crippen molar-refractivity contribution in [2.24, 2.45) is 5.73 Å². The zero-order chi connectivity index (χ0) is 12.9. The minimum atomic E-state index is -0.721. The molecule has 0 fully saturated rings. The number of rotatable bonds is 6. The van der Waals surface area contributed by atoms with Crippen molar-refractivity contribution in [1.29, 1.82) is 0 Å². The zero-order valence-electron chi connectivity index (χ0n) is 10.6. The number of methoxy groups -OCH3 is 1. The lowest BCUT2D eigenvalue weighted by atomic mass is 9.95. The minimum Gasteiger partial charge on any atom is -0.497 e. The van der Waals surface area contributed by atoms with Crippen LogP contribution in [0.2, 0.25) is 0 Å². The standard InChI is InChI=1S/C13H20N2O2/c1-4-8-13(2,12(14)16)15-10-6-5-7-11(9-10)17-3/h5-7,9,15H,4,8H2,1-3H3,(H2,14,16). The summed E-state index contributed by atoms with van der Waals surface area (Å²) >= 11 is 0. The number of nitrogens with one attached hydrogen (secondary N) is 1. The molecule has 0 aromatic heterocycles. The van der Waals surface area contributed by atoms with Gasteiger partial charge in [-0.2, -0.15) is 0 Å². The summed E-state index contributed by atoms with van der Waals surface area (Å²) < 4.78 is 5.13. The highest BCUT2D eigenvalue weighted by molar-refractivity contribution is 5.87. The first-order valence-corrected chi connectivity index (χ1v) is 5.74. The van der Waals surface area contributed by atoms with Crippen LogP contribution in [0.5, 0.6) is 5.75 Å². The van der Waals surface area contributed by atoms with Crippen molar-refractivity contribution < 1.29 is 9.53 Å². The summed E-state index contributed by atoms with van der Waals surface area (Å²) in [5, 5.41) is 3.18. The van der Waals surface area contributed by atoms with Crippen LogP contribution in [0.25, 0.3) is 0 Å². The lowest BCUT2D eigenvalue weighted by molar-refractivity contribution is -0.122. The highest BCUT2D eigenvalue weighted by atomic mass is 16.5. The second-order valence-corrected chi connectivity index (χ2v) is 4.30. The summed E-state index contributed by atoms with van der Waals surface area (Å²) in [5.41, 5.74) is 5.55. The average molecular weight is 236 g/mol. The molecule has 4 heteroatoms. The van der Waals surface area contributed by atoms with Crippen LogP contribution in [0, 0.1) is 0 Å². The summed E-state index contributed by atoms with van der Waals surface area (Å²) in [6, 6.07) is 7.46. The molecule has 0 spiro atoms. The van der Waals surface area contributed by atoms with Gasteiger partial charge < -0.3 is 15.8 Å². The number of carbonyl (C=O) groups is 1. The highest BCUT2D eigenvalue weighted by Gasteiger charge is 2.29. The Morgan fingerprint density at radius 2 is 2.24 bits per heavy atom. The van der Waals surface area contributed by atoms with Gasteiger partial charge in [0.25, 0.3) is 0 Å². The molecule has 0 aliphatic carbocycles. The Labute approximate surface area is 102 Å². The van der Waals surface area contributed by atoms with Crippen LogP contribution in [0.15, 0.2) is 24.3 Å². The summed E-state index contributed by atoms with van der Waals surface area (Å²) in [5.74, 6) is 0.403. The van der Waals surface area contributed by atoms with Crippen LogP contribution >= 0.6 is 0 Å². The van der Waals surface area contributed by atoms with Crippen molar-refractivity contribution >= 4 is 11.6 Å². The van der Waals surface area contributed by atoms with Crippen molar-refractivity contribution in [3.05, 3.63) is 24.3 Å². The van der Waals surface area contributed by atoms with Gasteiger partial charge in [-0.15, -0.1) is 0 Å². The van der Waals surface area contributed by atoms with Crippen molar-refractivity contribution in [1.82, 2.24) is 0 Å². The Kier molecular flexibility index (Phi) is 4.37. The first kappa shape index (κ1) is 13.4. The topological polar surface area (TPSA) is 64.3 Å². The molecule has 0 radical (unpaired) electrons. The van der Waals surface area contributed by atoms with E-state index in [-0.39, 0.29) is 5.91 Å². The minimum absolute atomic E-state index is 0.345. The second-order valence-electron chi connectivity index (χ2n) is 4.30. The van der Waals surface area contributed by atoms with Crippen molar-refractivity contribution in [3.63, 3.8) is 0 Å². The monoisotopic (exact) mass is 236 g/mol.